The number of carbonyl (C=O) groups is 1. The largest absolute Gasteiger partial charge is 0.478 e. The number of carboxylic acid groups (broad SMARTS) is 1. The molecule has 0 saturated heterocycles. The third-order valence-corrected chi connectivity index (χ3v) is 6.72. The third-order valence-electron chi connectivity index (χ3n) is 6.72. The molecule has 0 unspecified atom stereocenters. The highest BCUT2D eigenvalue weighted by Gasteiger charge is 2.41. The summed E-state index contributed by atoms with van der Waals surface area (Å²) in [5, 5.41) is 20.0. The lowest BCUT2D eigenvalue weighted by Crippen LogP contribution is -2.40. The zero-order chi connectivity index (χ0) is 21.5. The molecule has 2 aliphatic carbocycles. The molecule has 2 saturated carbocycles. The van der Waals surface area contributed by atoms with Crippen LogP contribution in [-0.4, -0.2) is 22.3 Å². The highest BCUT2D eigenvalue weighted by Crippen LogP contribution is 2.47. The van der Waals surface area contributed by atoms with Crippen LogP contribution in [0.25, 0.3) is 0 Å². The van der Waals surface area contributed by atoms with Crippen molar-refractivity contribution in [2.45, 2.75) is 64.4 Å². The van der Waals surface area contributed by atoms with Gasteiger partial charge in [0.2, 0.25) is 0 Å². The SMILES string of the molecule is C[C@@]1(/C=C/C=C/[C@H](O)C2(CC#Cc3ccccc3)CCC2)CCCC/C1=C\C(=O)O. The van der Waals surface area contributed by atoms with Gasteiger partial charge in [-0.05, 0) is 44.2 Å². The van der Waals surface area contributed by atoms with E-state index in [0.717, 1.165) is 56.1 Å². The van der Waals surface area contributed by atoms with Gasteiger partial charge in [-0.15, -0.1) is 0 Å². The molecule has 2 N–H and O–H groups in total. The molecule has 3 nitrogen and oxygen atoms in total. The lowest BCUT2D eigenvalue weighted by atomic mass is 9.63. The predicted molar refractivity (Wildman–Crippen MR) is 121 cm³/mol. The second-order valence-electron chi connectivity index (χ2n) is 8.88. The first-order chi connectivity index (χ1) is 14.4. The van der Waals surface area contributed by atoms with Crippen LogP contribution in [0.15, 0.2) is 66.3 Å². The number of aliphatic carboxylic acids is 1. The van der Waals surface area contributed by atoms with E-state index < -0.39 is 12.1 Å². The summed E-state index contributed by atoms with van der Waals surface area (Å²) in [6.45, 7) is 2.11. The van der Waals surface area contributed by atoms with E-state index in [1.807, 2.05) is 48.6 Å². The second-order valence-corrected chi connectivity index (χ2v) is 8.88. The van der Waals surface area contributed by atoms with Gasteiger partial charge in [-0.3, -0.25) is 0 Å². The normalized spacial score (nSPS) is 25.6. The Bertz CT molecular complexity index is 878. The molecule has 0 bridgehead atoms. The van der Waals surface area contributed by atoms with Crippen molar-refractivity contribution in [3.63, 3.8) is 0 Å². The van der Waals surface area contributed by atoms with Crippen LogP contribution < -0.4 is 0 Å². The summed E-state index contributed by atoms with van der Waals surface area (Å²) in [5.74, 6) is 5.60. The van der Waals surface area contributed by atoms with E-state index in [2.05, 4.69) is 24.8 Å². The molecule has 30 heavy (non-hydrogen) atoms. The Hall–Kier alpha value is -2.57. The number of allylic oxidation sites excluding steroid dienone is 4. The van der Waals surface area contributed by atoms with E-state index in [-0.39, 0.29) is 10.8 Å². The summed E-state index contributed by atoms with van der Waals surface area (Å²) in [4.78, 5) is 11.1. The molecule has 0 amide bonds. The standard InChI is InChI=1S/C27H32O3/c1-26(16-7-5-14-23(26)21-25(29)30)17-8-6-15-24(28)27(19-10-20-27)18-9-13-22-11-3-2-4-12-22/h2-4,6,8,11-12,15,17,21,24,28H,5,7,10,14,16,18-20H2,1H3,(H,29,30)/b15-6+,17-8+,23-21+/t24-,26-/m0/s1. The van der Waals surface area contributed by atoms with Crippen molar-refractivity contribution >= 4 is 5.97 Å². The van der Waals surface area contributed by atoms with Crippen LogP contribution in [0.2, 0.25) is 0 Å². The Morgan fingerprint density at radius 1 is 1.13 bits per heavy atom. The fraction of sp³-hybridized carbons (Fsp3) is 0.444. The number of aliphatic hydroxyl groups excluding tert-OH is 1. The van der Waals surface area contributed by atoms with Crippen LogP contribution in [0, 0.1) is 22.7 Å². The topological polar surface area (TPSA) is 57.5 Å². The summed E-state index contributed by atoms with van der Waals surface area (Å²) in [5.41, 5.74) is 1.63. The van der Waals surface area contributed by atoms with Gasteiger partial charge in [-0.1, -0.05) is 79.7 Å². The fourth-order valence-electron chi connectivity index (χ4n) is 4.52. The van der Waals surface area contributed by atoms with Gasteiger partial charge >= 0.3 is 5.97 Å². The number of carboxylic acids is 1. The highest BCUT2D eigenvalue weighted by atomic mass is 16.4. The van der Waals surface area contributed by atoms with Crippen molar-refractivity contribution in [3.8, 4) is 11.8 Å². The maximum Gasteiger partial charge on any atom is 0.328 e. The maximum atomic E-state index is 11.1. The van der Waals surface area contributed by atoms with Crippen molar-refractivity contribution in [2.24, 2.45) is 10.8 Å². The summed E-state index contributed by atoms with van der Waals surface area (Å²) in [6, 6.07) is 9.95. The minimum atomic E-state index is -0.874. The smallest absolute Gasteiger partial charge is 0.328 e. The Morgan fingerprint density at radius 2 is 1.90 bits per heavy atom. The molecule has 0 radical (unpaired) electrons. The number of benzene rings is 1. The molecule has 2 aliphatic rings. The zero-order valence-corrected chi connectivity index (χ0v) is 17.8. The number of aliphatic hydroxyl groups is 1. The van der Waals surface area contributed by atoms with Crippen LogP contribution in [0.1, 0.15) is 63.9 Å². The third kappa shape index (κ3) is 5.52. The molecule has 2 atom stereocenters. The average molecular weight is 405 g/mol. The Labute approximate surface area is 180 Å². The van der Waals surface area contributed by atoms with Gasteiger partial charge in [0, 0.05) is 28.9 Å². The molecule has 1 aromatic rings. The summed E-state index contributed by atoms with van der Waals surface area (Å²) in [7, 11) is 0. The molecule has 0 spiro atoms. The minimum absolute atomic E-state index is 0.144. The molecule has 3 heteroatoms. The number of hydrogen-bond donors (Lipinski definition) is 2. The van der Waals surface area contributed by atoms with Crippen LogP contribution >= 0.6 is 0 Å². The van der Waals surface area contributed by atoms with Crippen LogP contribution in [0.3, 0.4) is 0 Å². The maximum absolute atomic E-state index is 11.1. The van der Waals surface area contributed by atoms with Gasteiger partial charge in [0.25, 0.3) is 0 Å². The van der Waals surface area contributed by atoms with Gasteiger partial charge in [0.05, 0.1) is 6.10 Å². The first kappa shape index (κ1) is 22.1. The van der Waals surface area contributed by atoms with Gasteiger partial charge in [-0.2, -0.15) is 0 Å². The summed E-state index contributed by atoms with van der Waals surface area (Å²) >= 11 is 0. The lowest BCUT2D eigenvalue weighted by molar-refractivity contribution is -0.131. The zero-order valence-electron chi connectivity index (χ0n) is 17.8. The van der Waals surface area contributed by atoms with Crippen LogP contribution in [0.5, 0.6) is 0 Å². The van der Waals surface area contributed by atoms with E-state index in [4.69, 9.17) is 5.11 Å². The Kier molecular flexibility index (Phi) is 7.34. The van der Waals surface area contributed by atoms with Crippen molar-refractivity contribution in [1.29, 1.82) is 0 Å². The van der Waals surface area contributed by atoms with Crippen molar-refractivity contribution in [2.75, 3.05) is 0 Å². The molecule has 158 valence electrons. The van der Waals surface area contributed by atoms with Crippen molar-refractivity contribution < 1.29 is 15.0 Å². The molecule has 2 fully saturated rings. The van der Waals surface area contributed by atoms with Crippen LogP contribution in [-0.2, 0) is 4.79 Å². The van der Waals surface area contributed by atoms with Gasteiger partial charge in [0.1, 0.15) is 0 Å². The van der Waals surface area contributed by atoms with Gasteiger partial charge in [0.15, 0.2) is 0 Å². The molecular weight excluding hydrogens is 372 g/mol. The van der Waals surface area contributed by atoms with E-state index in [1.165, 1.54) is 6.08 Å². The average Bonchev–Trinajstić information content (AvgIpc) is 2.69. The molecule has 0 aromatic heterocycles. The van der Waals surface area contributed by atoms with E-state index in [9.17, 15) is 9.90 Å². The minimum Gasteiger partial charge on any atom is -0.478 e. The first-order valence-electron chi connectivity index (χ1n) is 11.0. The lowest BCUT2D eigenvalue weighted by Gasteiger charge is -2.43. The number of hydrogen-bond acceptors (Lipinski definition) is 2. The molecule has 1 aromatic carbocycles. The summed E-state index contributed by atoms with van der Waals surface area (Å²) < 4.78 is 0. The molecule has 0 heterocycles. The van der Waals surface area contributed by atoms with E-state index in [0.29, 0.717) is 6.42 Å². The monoisotopic (exact) mass is 404 g/mol. The van der Waals surface area contributed by atoms with Crippen LogP contribution in [0.4, 0.5) is 0 Å². The van der Waals surface area contributed by atoms with Crippen molar-refractivity contribution in [3.05, 3.63) is 71.8 Å². The molecule has 3 rings (SSSR count). The fourth-order valence-corrected chi connectivity index (χ4v) is 4.52. The van der Waals surface area contributed by atoms with Crippen molar-refractivity contribution in [1.82, 2.24) is 0 Å². The molecular formula is C27H32O3. The van der Waals surface area contributed by atoms with E-state index >= 15 is 0 Å². The predicted octanol–water partition coefficient (Wildman–Crippen LogP) is 5.66. The Morgan fingerprint density at radius 3 is 2.57 bits per heavy atom. The summed E-state index contributed by atoms with van der Waals surface area (Å²) in [6.07, 6.45) is 16.4. The highest BCUT2D eigenvalue weighted by molar-refractivity contribution is 5.81. The molecule has 0 aliphatic heterocycles. The quantitative estimate of drug-likeness (QED) is 0.365. The first-order valence-corrected chi connectivity index (χ1v) is 11.0. The second kappa shape index (κ2) is 9.96. The Balaban J connectivity index is 1.63. The van der Waals surface area contributed by atoms with E-state index in [1.54, 1.807) is 0 Å². The number of rotatable bonds is 6. The van der Waals surface area contributed by atoms with Gasteiger partial charge in [-0.25, -0.2) is 4.79 Å². The van der Waals surface area contributed by atoms with Gasteiger partial charge < -0.3 is 10.2 Å².